The monoisotopic (exact) mass is 320 g/mol. The second kappa shape index (κ2) is 6.68. The number of hydrogen-bond donors (Lipinski definition) is 1. The zero-order valence-corrected chi connectivity index (χ0v) is 12.4. The van der Waals surface area contributed by atoms with Crippen molar-refractivity contribution in [2.24, 2.45) is 5.73 Å². The Morgan fingerprint density at radius 1 is 1.32 bits per heavy atom. The average molecular weight is 321 g/mol. The molecule has 0 bridgehead atoms. The van der Waals surface area contributed by atoms with Crippen molar-refractivity contribution in [1.29, 1.82) is 0 Å². The summed E-state index contributed by atoms with van der Waals surface area (Å²) in [5.41, 5.74) is 7.18. The Bertz CT molecular complexity index is 531. The van der Waals surface area contributed by atoms with E-state index in [1.54, 1.807) is 12.4 Å². The van der Waals surface area contributed by atoms with E-state index in [0.717, 1.165) is 28.8 Å². The molecule has 19 heavy (non-hydrogen) atoms. The summed E-state index contributed by atoms with van der Waals surface area (Å²) in [6, 6.07) is 9.88. The number of benzene rings is 1. The van der Waals surface area contributed by atoms with Crippen LogP contribution in [0.15, 0.2) is 47.2 Å². The largest absolute Gasteiger partial charge is 0.456 e. The molecule has 1 aromatic heterocycles. The summed E-state index contributed by atoms with van der Waals surface area (Å²) < 4.78 is 6.75. The zero-order valence-electron chi connectivity index (χ0n) is 10.8. The third-order valence-electron chi connectivity index (χ3n) is 2.90. The van der Waals surface area contributed by atoms with Crippen LogP contribution in [0.3, 0.4) is 0 Å². The molecule has 2 rings (SSSR count). The molecule has 0 amide bonds. The fourth-order valence-electron chi connectivity index (χ4n) is 1.73. The number of ether oxygens (including phenoxy) is 1. The van der Waals surface area contributed by atoms with E-state index in [2.05, 4.69) is 27.8 Å². The predicted molar refractivity (Wildman–Crippen MR) is 80.4 cm³/mol. The Kier molecular flexibility index (Phi) is 4.93. The summed E-state index contributed by atoms with van der Waals surface area (Å²) in [7, 11) is 0. The fourth-order valence-corrected chi connectivity index (χ4v) is 2.25. The molecule has 4 heteroatoms. The molecule has 0 fully saturated rings. The Hall–Kier alpha value is -1.39. The number of halogens is 1. The van der Waals surface area contributed by atoms with Crippen molar-refractivity contribution in [2.45, 2.75) is 25.8 Å². The number of hydrogen-bond acceptors (Lipinski definition) is 3. The molecule has 1 heterocycles. The van der Waals surface area contributed by atoms with Gasteiger partial charge >= 0.3 is 0 Å². The molecule has 100 valence electrons. The van der Waals surface area contributed by atoms with Gasteiger partial charge in [0.15, 0.2) is 0 Å². The molecule has 2 aromatic rings. The standard InChI is InChI=1S/C15H17BrN2O/c1-2-12(17)8-11-5-6-13(9-15(11)16)19-14-4-3-7-18-10-14/h3-7,9-10,12H,2,8,17H2,1H3. The van der Waals surface area contributed by atoms with Crippen LogP contribution in [0.2, 0.25) is 0 Å². The van der Waals surface area contributed by atoms with E-state index < -0.39 is 0 Å². The summed E-state index contributed by atoms with van der Waals surface area (Å²) in [6.07, 6.45) is 5.25. The summed E-state index contributed by atoms with van der Waals surface area (Å²) in [5.74, 6) is 1.51. The second-order valence-corrected chi connectivity index (χ2v) is 5.27. The van der Waals surface area contributed by atoms with Gasteiger partial charge in [0.05, 0.1) is 6.20 Å². The highest BCUT2D eigenvalue weighted by Gasteiger charge is 2.07. The molecule has 0 saturated heterocycles. The first-order chi connectivity index (χ1) is 9.19. The SMILES string of the molecule is CCC(N)Cc1ccc(Oc2cccnc2)cc1Br. The lowest BCUT2D eigenvalue weighted by Gasteiger charge is -2.12. The molecular formula is C15H17BrN2O. The molecular weight excluding hydrogens is 304 g/mol. The van der Waals surface area contributed by atoms with Crippen molar-refractivity contribution >= 4 is 15.9 Å². The third kappa shape index (κ3) is 4.04. The van der Waals surface area contributed by atoms with E-state index in [4.69, 9.17) is 10.5 Å². The Labute approximate surface area is 121 Å². The summed E-state index contributed by atoms with van der Waals surface area (Å²) in [5, 5.41) is 0. The van der Waals surface area contributed by atoms with Crippen LogP contribution in [-0.2, 0) is 6.42 Å². The van der Waals surface area contributed by atoms with E-state index in [9.17, 15) is 0 Å². The van der Waals surface area contributed by atoms with Crippen molar-refractivity contribution in [3.05, 3.63) is 52.8 Å². The fraction of sp³-hybridized carbons (Fsp3) is 0.267. The van der Waals surface area contributed by atoms with Crippen molar-refractivity contribution in [3.8, 4) is 11.5 Å². The molecule has 0 spiro atoms. The molecule has 1 atom stereocenters. The van der Waals surface area contributed by atoms with Crippen molar-refractivity contribution in [1.82, 2.24) is 4.98 Å². The molecule has 0 radical (unpaired) electrons. The summed E-state index contributed by atoms with van der Waals surface area (Å²) >= 11 is 3.57. The minimum absolute atomic E-state index is 0.196. The number of nitrogens with two attached hydrogens (primary N) is 1. The van der Waals surface area contributed by atoms with Crippen LogP contribution in [0, 0.1) is 0 Å². The van der Waals surface area contributed by atoms with E-state index in [0.29, 0.717) is 0 Å². The van der Waals surface area contributed by atoms with Gasteiger partial charge in [0.2, 0.25) is 0 Å². The van der Waals surface area contributed by atoms with Crippen LogP contribution < -0.4 is 10.5 Å². The predicted octanol–water partition coefficient (Wildman–Crippen LogP) is 3.92. The maximum Gasteiger partial charge on any atom is 0.145 e. The van der Waals surface area contributed by atoms with Crippen molar-refractivity contribution < 1.29 is 4.74 Å². The van der Waals surface area contributed by atoms with Crippen LogP contribution in [0.5, 0.6) is 11.5 Å². The van der Waals surface area contributed by atoms with Gasteiger partial charge in [0.1, 0.15) is 11.5 Å². The molecule has 2 N–H and O–H groups in total. The van der Waals surface area contributed by atoms with Crippen LogP contribution in [0.1, 0.15) is 18.9 Å². The Morgan fingerprint density at radius 2 is 2.16 bits per heavy atom. The lowest BCUT2D eigenvalue weighted by atomic mass is 10.0. The molecule has 1 aromatic carbocycles. The number of aromatic nitrogens is 1. The van der Waals surface area contributed by atoms with E-state index >= 15 is 0 Å². The van der Waals surface area contributed by atoms with Crippen LogP contribution >= 0.6 is 15.9 Å². The molecule has 0 aliphatic rings. The van der Waals surface area contributed by atoms with Gasteiger partial charge in [0, 0.05) is 16.7 Å². The molecule has 1 unspecified atom stereocenters. The average Bonchev–Trinajstić information content (AvgIpc) is 2.43. The lowest BCUT2D eigenvalue weighted by molar-refractivity contribution is 0.479. The van der Waals surface area contributed by atoms with Gasteiger partial charge in [-0.1, -0.05) is 28.9 Å². The summed E-state index contributed by atoms with van der Waals surface area (Å²) in [6.45, 7) is 2.10. The minimum atomic E-state index is 0.196. The number of nitrogens with zero attached hydrogens (tertiary/aromatic N) is 1. The third-order valence-corrected chi connectivity index (χ3v) is 3.64. The second-order valence-electron chi connectivity index (χ2n) is 4.42. The normalized spacial score (nSPS) is 12.2. The molecule has 0 aliphatic carbocycles. The number of rotatable bonds is 5. The topological polar surface area (TPSA) is 48.1 Å². The smallest absolute Gasteiger partial charge is 0.145 e. The Balaban J connectivity index is 2.10. The highest BCUT2D eigenvalue weighted by Crippen LogP contribution is 2.27. The molecule has 0 aliphatic heterocycles. The van der Waals surface area contributed by atoms with Gasteiger partial charge in [0.25, 0.3) is 0 Å². The van der Waals surface area contributed by atoms with Gasteiger partial charge in [-0.05, 0) is 42.7 Å². The highest BCUT2D eigenvalue weighted by atomic mass is 79.9. The van der Waals surface area contributed by atoms with Gasteiger partial charge in [-0.3, -0.25) is 4.98 Å². The lowest BCUT2D eigenvalue weighted by Crippen LogP contribution is -2.21. The molecule has 0 saturated carbocycles. The Morgan fingerprint density at radius 3 is 2.79 bits per heavy atom. The first-order valence-electron chi connectivity index (χ1n) is 6.31. The van der Waals surface area contributed by atoms with Gasteiger partial charge in [-0.2, -0.15) is 0 Å². The van der Waals surface area contributed by atoms with E-state index in [1.165, 1.54) is 5.56 Å². The van der Waals surface area contributed by atoms with Gasteiger partial charge in [-0.25, -0.2) is 0 Å². The first-order valence-corrected chi connectivity index (χ1v) is 7.10. The molecule has 3 nitrogen and oxygen atoms in total. The van der Waals surface area contributed by atoms with Gasteiger partial charge in [-0.15, -0.1) is 0 Å². The quantitative estimate of drug-likeness (QED) is 0.908. The van der Waals surface area contributed by atoms with Crippen LogP contribution in [0.25, 0.3) is 0 Å². The maximum atomic E-state index is 5.98. The minimum Gasteiger partial charge on any atom is -0.456 e. The van der Waals surface area contributed by atoms with Crippen LogP contribution in [-0.4, -0.2) is 11.0 Å². The van der Waals surface area contributed by atoms with E-state index in [1.807, 2.05) is 30.3 Å². The maximum absolute atomic E-state index is 5.98. The first kappa shape index (κ1) is 14.0. The number of pyridine rings is 1. The zero-order chi connectivity index (χ0) is 13.7. The van der Waals surface area contributed by atoms with Gasteiger partial charge < -0.3 is 10.5 Å². The highest BCUT2D eigenvalue weighted by molar-refractivity contribution is 9.10. The van der Waals surface area contributed by atoms with Crippen molar-refractivity contribution in [2.75, 3.05) is 0 Å². The van der Waals surface area contributed by atoms with Crippen LogP contribution in [0.4, 0.5) is 0 Å². The summed E-state index contributed by atoms with van der Waals surface area (Å²) in [4.78, 5) is 4.02. The van der Waals surface area contributed by atoms with Crippen molar-refractivity contribution in [3.63, 3.8) is 0 Å². The van der Waals surface area contributed by atoms with E-state index in [-0.39, 0.29) is 6.04 Å².